The highest BCUT2D eigenvalue weighted by Gasteiger charge is 2.01. The van der Waals surface area contributed by atoms with Crippen LogP contribution in [0.4, 0.5) is 0 Å². The molecule has 1 nitrogen and oxygen atoms in total. The fourth-order valence-corrected chi connectivity index (χ4v) is 0.648. The largest absolute Gasteiger partial charge is 0.354 e. The van der Waals surface area contributed by atoms with Crippen LogP contribution in [-0.2, 0) is 0 Å². The van der Waals surface area contributed by atoms with E-state index in [1.165, 1.54) is 5.57 Å². The minimum atomic E-state index is 0.405. The van der Waals surface area contributed by atoms with E-state index in [-0.39, 0.29) is 0 Å². The molecular weight excluding hydrogens is 109 g/mol. The molecule has 0 spiro atoms. The van der Waals surface area contributed by atoms with Crippen LogP contribution in [0.15, 0.2) is 12.2 Å². The van der Waals surface area contributed by atoms with Gasteiger partial charge in [0.1, 0.15) is 0 Å². The SMILES string of the molecule is [B]N(C)C(C)CC(=C)C. The second kappa shape index (κ2) is 3.73. The lowest BCUT2D eigenvalue weighted by Crippen LogP contribution is -2.25. The molecule has 0 aromatic heterocycles. The summed E-state index contributed by atoms with van der Waals surface area (Å²) in [5.74, 6) is 0. The third kappa shape index (κ3) is 4.28. The van der Waals surface area contributed by atoms with Crippen molar-refractivity contribution >= 4 is 7.98 Å². The van der Waals surface area contributed by atoms with Gasteiger partial charge in [-0.25, -0.2) is 0 Å². The first-order valence-corrected chi connectivity index (χ1v) is 3.16. The Bertz CT molecular complexity index is 99.1. The third-order valence-corrected chi connectivity index (χ3v) is 1.34. The van der Waals surface area contributed by atoms with Crippen molar-refractivity contribution in [1.82, 2.24) is 4.81 Å². The van der Waals surface area contributed by atoms with Crippen molar-refractivity contribution in [3.63, 3.8) is 0 Å². The van der Waals surface area contributed by atoms with Crippen molar-refractivity contribution in [2.45, 2.75) is 26.3 Å². The highest BCUT2D eigenvalue weighted by Crippen LogP contribution is 2.04. The molecule has 2 heteroatoms. The fraction of sp³-hybridized carbons (Fsp3) is 0.714. The maximum atomic E-state index is 5.48. The molecule has 0 aliphatic carbocycles. The molecule has 2 radical (unpaired) electrons. The molecule has 0 saturated carbocycles. The van der Waals surface area contributed by atoms with Gasteiger partial charge in [0, 0.05) is 0 Å². The molecule has 0 N–H and O–H groups in total. The smallest absolute Gasteiger partial charge is 0.182 e. The van der Waals surface area contributed by atoms with Crippen LogP contribution in [0, 0.1) is 0 Å². The molecule has 0 saturated heterocycles. The number of hydrogen-bond donors (Lipinski definition) is 0. The molecule has 0 rings (SSSR count). The summed E-state index contributed by atoms with van der Waals surface area (Å²) in [4.78, 5) is 1.70. The molecule has 0 fully saturated rings. The quantitative estimate of drug-likeness (QED) is 0.404. The Kier molecular flexibility index (Phi) is 3.63. The van der Waals surface area contributed by atoms with Crippen LogP contribution >= 0.6 is 0 Å². The molecule has 0 aliphatic rings. The average molecular weight is 123 g/mol. The number of nitrogens with zero attached hydrogens (tertiary/aromatic N) is 1. The van der Waals surface area contributed by atoms with Gasteiger partial charge >= 0.3 is 0 Å². The molecule has 9 heavy (non-hydrogen) atoms. The fourth-order valence-electron chi connectivity index (χ4n) is 0.648. The zero-order chi connectivity index (χ0) is 7.44. The first-order valence-electron chi connectivity index (χ1n) is 3.16. The van der Waals surface area contributed by atoms with Gasteiger partial charge in [-0.05, 0) is 26.4 Å². The summed E-state index contributed by atoms with van der Waals surface area (Å²) < 4.78 is 0. The van der Waals surface area contributed by atoms with E-state index < -0.39 is 0 Å². The van der Waals surface area contributed by atoms with Crippen LogP contribution in [0.2, 0.25) is 0 Å². The number of hydrogen-bond acceptors (Lipinski definition) is 1. The van der Waals surface area contributed by atoms with E-state index in [1.807, 2.05) is 14.0 Å². The van der Waals surface area contributed by atoms with Gasteiger partial charge in [-0.15, -0.1) is 6.58 Å². The summed E-state index contributed by atoms with van der Waals surface area (Å²) in [5.41, 5.74) is 1.18. The monoisotopic (exact) mass is 123 g/mol. The van der Waals surface area contributed by atoms with Crippen molar-refractivity contribution in [3.05, 3.63) is 12.2 Å². The maximum absolute atomic E-state index is 5.48. The first kappa shape index (κ1) is 8.76. The molecule has 0 aromatic rings. The molecule has 0 amide bonds. The van der Waals surface area contributed by atoms with Crippen molar-refractivity contribution in [3.8, 4) is 0 Å². The topological polar surface area (TPSA) is 3.24 Å². The molecule has 1 atom stereocenters. The van der Waals surface area contributed by atoms with Crippen LogP contribution in [0.25, 0.3) is 0 Å². The van der Waals surface area contributed by atoms with E-state index in [1.54, 1.807) is 4.81 Å². The summed E-state index contributed by atoms with van der Waals surface area (Å²) in [5, 5.41) is 0. The lowest BCUT2D eigenvalue weighted by atomic mass is 10.1. The first-order chi connectivity index (χ1) is 4.04. The third-order valence-electron chi connectivity index (χ3n) is 1.34. The predicted molar refractivity (Wildman–Crippen MR) is 42.4 cm³/mol. The minimum Gasteiger partial charge on any atom is -0.354 e. The summed E-state index contributed by atoms with van der Waals surface area (Å²) in [6, 6.07) is 0.405. The molecule has 0 heterocycles. The second-order valence-electron chi connectivity index (χ2n) is 2.68. The van der Waals surface area contributed by atoms with Crippen LogP contribution in [-0.4, -0.2) is 25.9 Å². The average Bonchev–Trinajstić information content (AvgIpc) is 1.63. The Labute approximate surface area is 59.2 Å². The second-order valence-corrected chi connectivity index (χ2v) is 2.68. The Morgan fingerprint density at radius 2 is 2.22 bits per heavy atom. The van der Waals surface area contributed by atoms with E-state index in [0.29, 0.717) is 6.04 Å². The predicted octanol–water partition coefficient (Wildman–Crippen LogP) is 1.36. The summed E-state index contributed by atoms with van der Waals surface area (Å²) >= 11 is 0. The summed E-state index contributed by atoms with van der Waals surface area (Å²) in [6.45, 7) is 7.89. The van der Waals surface area contributed by atoms with Gasteiger partial charge < -0.3 is 4.81 Å². The maximum Gasteiger partial charge on any atom is 0.182 e. The minimum absolute atomic E-state index is 0.405. The van der Waals surface area contributed by atoms with E-state index in [0.717, 1.165) is 6.42 Å². The molecule has 50 valence electrons. The van der Waals surface area contributed by atoms with Gasteiger partial charge in [0.05, 0.1) is 0 Å². The van der Waals surface area contributed by atoms with Crippen molar-refractivity contribution in [2.75, 3.05) is 7.05 Å². The van der Waals surface area contributed by atoms with Crippen LogP contribution < -0.4 is 0 Å². The zero-order valence-electron chi connectivity index (χ0n) is 6.52. The van der Waals surface area contributed by atoms with E-state index >= 15 is 0 Å². The highest BCUT2D eigenvalue weighted by molar-refractivity contribution is 6.04. The molecule has 0 aliphatic heterocycles. The Morgan fingerprint density at radius 1 is 1.78 bits per heavy atom. The lowest BCUT2D eigenvalue weighted by molar-refractivity contribution is 0.418. The van der Waals surface area contributed by atoms with Gasteiger partial charge in [-0.3, -0.25) is 0 Å². The van der Waals surface area contributed by atoms with E-state index in [4.69, 9.17) is 7.98 Å². The summed E-state index contributed by atoms with van der Waals surface area (Å²) in [6.07, 6.45) is 0.979. The molecule has 1 unspecified atom stereocenters. The summed E-state index contributed by atoms with van der Waals surface area (Å²) in [7, 11) is 7.35. The van der Waals surface area contributed by atoms with Crippen LogP contribution in [0.5, 0.6) is 0 Å². The van der Waals surface area contributed by atoms with E-state index in [2.05, 4.69) is 13.5 Å². The zero-order valence-corrected chi connectivity index (χ0v) is 6.52. The Hall–Kier alpha value is -0.235. The highest BCUT2D eigenvalue weighted by atomic mass is 15.0. The van der Waals surface area contributed by atoms with Gasteiger partial charge in [0.2, 0.25) is 0 Å². The molecular formula is C7H14BN. The van der Waals surface area contributed by atoms with Crippen molar-refractivity contribution in [1.29, 1.82) is 0 Å². The van der Waals surface area contributed by atoms with Crippen molar-refractivity contribution < 1.29 is 0 Å². The lowest BCUT2D eigenvalue weighted by Gasteiger charge is -2.19. The van der Waals surface area contributed by atoms with Crippen LogP contribution in [0.1, 0.15) is 20.3 Å². The molecule has 0 aromatic carbocycles. The van der Waals surface area contributed by atoms with Gasteiger partial charge in [-0.1, -0.05) is 12.5 Å². The van der Waals surface area contributed by atoms with Gasteiger partial charge in [-0.2, -0.15) is 0 Å². The molecule has 0 bridgehead atoms. The van der Waals surface area contributed by atoms with E-state index in [9.17, 15) is 0 Å². The Morgan fingerprint density at radius 3 is 2.33 bits per heavy atom. The number of rotatable bonds is 3. The Balaban J connectivity index is 3.50. The van der Waals surface area contributed by atoms with Crippen molar-refractivity contribution in [2.24, 2.45) is 0 Å². The van der Waals surface area contributed by atoms with Gasteiger partial charge in [0.15, 0.2) is 7.98 Å². The standard InChI is InChI=1S/C7H14BN/c1-6(2)5-7(3)9(4)8/h7H,1,5H2,2-4H3. The normalized spacial score (nSPS) is 13.8. The van der Waals surface area contributed by atoms with Crippen LogP contribution in [0.3, 0.4) is 0 Å². The van der Waals surface area contributed by atoms with Gasteiger partial charge in [0.25, 0.3) is 0 Å².